The number of carbonyl (C=O) groups excluding carboxylic acids is 1. The minimum absolute atomic E-state index is 0.265. The van der Waals surface area contributed by atoms with E-state index < -0.39 is 0 Å². The first kappa shape index (κ1) is 10.9. The van der Waals surface area contributed by atoms with Crippen molar-refractivity contribution in [1.29, 1.82) is 5.41 Å². The quantitative estimate of drug-likeness (QED) is 0.652. The van der Waals surface area contributed by atoms with Crippen LogP contribution in [0.5, 0.6) is 0 Å². The lowest BCUT2D eigenvalue weighted by Crippen LogP contribution is -2.03. The molecule has 0 unspecified atom stereocenters. The number of halogens is 1. The van der Waals surface area contributed by atoms with Gasteiger partial charge in [-0.25, -0.2) is 4.79 Å². The number of ether oxygens (including phenoxy) is 1. The first-order valence-electron chi connectivity index (χ1n) is 3.99. The van der Waals surface area contributed by atoms with Crippen LogP contribution in [0.3, 0.4) is 0 Å². The third-order valence-electron chi connectivity index (χ3n) is 1.90. The molecule has 74 valence electrons. The highest BCUT2D eigenvalue weighted by atomic mass is 79.9. The number of nitrogens with one attached hydrogen (secondary N) is 1. The number of hydrogen-bond acceptors (Lipinski definition) is 3. The highest BCUT2D eigenvalue weighted by Crippen LogP contribution is 2.15. The third-order valence-corrected chi connectivity index (χ3v) is 2.32. The summed E-state index contributed by atoms with van der Waals surface area (Å²) in [7, 11) is 1.33. The Morgan fingerprint density at radius 2 is 2.14 bits per heavy atom. The second kappa shape index (κ2) is 4.37. The van der Waals surface area contributed by atoms with Crippen molar-refractivity contribution in [2.75, 3.05) is 7.11 Å². The predicted molar refractivity (Wildman–Crippen MR) is 58.3 cm³/mol. The highest BCUT2D eigenvalue weighted by molar-refractivity contribution is 9.18. The summed E-state index contributed by atoms with van der Waals surface area (Å²) < 4.78 is 4.85. The van der Waals surface area contributed by atoms with Gasteiger partial charge in [0.2, 0.25) is 0 Å². The summed E-state index contributed by atoms with van der Waals surface area (Å²) in [6.07, 6.45) is 0. The van der Waals surface area contributed by atoms with Crippen LogP contribution in [0.15, 0.2) is 18.2 Å². The molecule has 0 bridgehead atoms. The van der Waals surface area contributed by atoms with E-state index in [0.29, 0.717) is 11.1 Å². The molecule has 3 nitrogen and oxygen atoms in total. The minimum atomic E-state index is -0.389. The van der Waals surface area contributed by atoms with Crippen LogP contribution >= 0.6 is 15.9 Å². The zero-order valence-electron chi connectivity index (χ0n) is 7.93. The van der Waals surface area contributed by atoms with Crippen molar-refractivity contribution in [1.82, 2.24) is 0 Å². The Morgan fingerprint density at radius 3 is 2.64 bits per heavy atom. The lowest BCUT2D eigenvalue weighted by molar-refractivity contribution is 0.0600. The van der Waals surface area contributed by atoms with Crippen LogP contribution in [0.2, 0.25) is 0 Å². The van der Waals surface area contributed by atoms with E-state index in [4.69, 9.17) is 5.41 Å². The number of hydrogen-bond donors (Lipinski definition) is 1. The zero-order valence-corrected chi connectivity index (χ0v) is 9.51. The van der Waals surface area contributed by atoms with Gasteiger partial charge in [-0.2, -0.15) is 0 Å². The second-order valence-electron chi connectivity index (χ2n) is 2.84. The Bertz CT molecular complexity index is 388. The van der Waals surface area contributed by atoms with Crippen molar-refractivity contribution in [3.05, 3.63) is 34.9 Å². The summed E-state index contributed by atoms with van der Waals surface area (Å²) in [5, 5.41) is 7.44. The normalized spacial score (nSPS) is 9.64. The predicted octanol–water partition coefficient (Wildman–Crippen LogP) is 2.50. The van der Waals surface area contributed by atoms with E-state index in [1.165, 1.54) is 7.11 Å². The molecule has 0 fully saturated rings. The highest BCUT2D eigenvalue weighted by Gasteiger charge is 2.09. The molecule has 0 radical (unpaired) electrons. The first-order chi connectivity index (χ1) is 6.56. The fraction of sp³-hybridized carbons (Fsp3) is 0.200. The van der Waals surface area contributed by atoms with Gasteiger partial charge in [-0.15, -0.1) is 0 Å². The smallest absolute Gasteiger partial charge is 0.337 e. The van der Waals surface area contributed by atoms with E-state index in [1.54, 1.807) is 18.2 Å². The maximum atomic E-state index is 11.2. The fourth-order valence-corrected chi connectivity index (χ4v) is 1.53. The molecule has 0 saturated heterocycles. The van der Waals surface area contributed by atoms with Gasteiger partial charge in [0.1, 0.15) is 4.62 Å². The van der Waals surface area contributed by atoms with Crippen LogP contribution in [0.25, 0.3) is 0 Å². The van der Waals surface area contributed by atoms with Gasteiger partial charge in [-0.3, -0.25) is 5.41 Å². The second-order valence-corrected chi connectivity index (χ2v) is 3.63. The Hall–Kier alpha value is -1.16. The number of esters is 1. The molecule has 1 aromatic rings. The van der Waals surface area contributed by atoms with E-state index in [2.05, 4.69) is 20.7 Å². The molecule has 0 saturated carbocycles. The molecule has 14 heavy (non-hydrogen) atoms. The first-order valence-corrected chi connectivity index (χ1v) is 4.79. The van der Waals surface area contributed by atoms with Gasteiger partial charge >= 0.3 is 5.97 Å². The fourth-order valence-electron chi connectivity index (χ4n) is 1.10. The van der Waals surface area contributed by atoms with E-state index in [9.17, 15) is 4.79 Å². The van der Waals surface area contributed by atoms with E-state index in [-0.39, 0.29) is 10.6 Å². The molecule has 1 aromatic carbocycles. The van der Waals surface area contributed by atoms with Gasteiger partial charge in [0.25, 0.3) is 0 Å². The van der Waals surface area contributed by atoms with E-state index in [1.807, 2.05) is 6.92 Å². The Labute approximate surface area is 90.7 Å². The van der Waals surface area contributed by atoms with Crippen LogP contribution in [0.1, 0.15) is 21.5 Å². The van der Waals surface area contributed by atoms with Crippen molar-refractivity contribution in [3.8, 4) is 0 Å². The number of benzene rings is 1. The zero-order chi connectivity index (χ0) is 10.7. The molecule has 4 heteroatoms. The summed E-state index contributed by atoms with van der Waals surface area (Å²) in [5.74, 6) is -0.389. The largest absolute Gasteiger partial charge is 0.465 e. The van der Waals surface area contributed by atoms with Crippen LogP contribution in [0, 0.1) is 12.3 Å². The Balaban J connectivity index is 3.19. The van der Waals surface area contributed by atoms with Crippen molar-refractivity contribution in [2.24, 2.45) is 0 Å². The van der Waals surface area contributed by atoms with Crippen molar-refractivity contribution < 1.29 is 9.53 Å². The average molecular weight is 256 g/mol. The lowest BCUT2D eigenvalue weighted by Gasteiger charge is -2.05. The van der Waals surface area contributed by atoms with Crippen molar-refractivity contribution >= 4 is 26.5 Å². The van der Waals surface area contributed by atoms with Crippen LogP contribution < -0.4 is 0 Å². The van der Waals surface area contributed by atoms with Crippen molar-refractivity contribution in [2.45, 2.75) is 6.92 Å². The summed E-state index contributed by atoms with van der Waals surface area (Å²) in [6.45, 7) is 1.88. The van der Waals surface area contributed by atoms with Gasteiger partial charge in [-0.05, 0) is 40.5 Å². The molecule has 0 atom stereocenters. The SMILES string of the molecule is COC(=O)c1ccc(C)c(C(=N)Br)c1. The maximum Gasteiger partial charge on any atom is 0.337 e. The Kier molecular flexibility index (Phi) is 3.41. The number of methoxy groups -OCH3 is 1. The summed E-state index contributed by atoms with van der Waals surface area (Å²) in [5.41, 5.74) is 2.10. The van der Waals surface area contributed by atoms with E-state index in [0.717, 1.165) is 5.56 Å². The Morgan fingerprint density at radius 1 is 1.50 bits per heavy atom. The minimum Gasteiger partial charge on any atom is -0.465 e. The number of rotatable bonds is 2. The van der Waals surface area contributed by atoms with E-state index >= 15 is 0 Å². The summed E-state index contributed by atoms with van der Waals surface area (Å²) >= 11 is 3.07. The molecule has 0 aliphatic carbocycles. The average Bonchev–Trinajstić information content (AvgIpc) is 2.17. The molecule has 1 rings (SSSR count). The molecular weight excluding hydrogens is 246 g/mol. The van der Waals surface area contributed by atoms with Gasteiger partial charge in [-0.1, -0.05) is 6.07 Å². The standard InChI is InChI=1S/C10H10BrNO2/c1-6-3-4-7(10(13)14-2)5-8(6)9(11)12/h3-5,12H,1-2H3. The lowest BCUT2D eigenvalue weighted by atomic mass is 10.1. The molecule has 0 amide bonds. The molecule has 0 aliphatic rings. The number of aryl methyl sites for hydroxylation is 1. The molecule has 1 N–H and O–H groups in total. The van der Waals surface area contributed by atoms with Crippen molar-refractivity contribution in [3.63, 3.8) is 0 Å². The molecule has 0 aliphatic heterocycles. The van der Waals surface area contributed by atoms with Crippen LogP contribution in [-0.4, -0.2) is 17.7 Å². The summed E-state index contributed by atoms with van der Waals surface area (Å²) in [4.78, 5) is 11.2. The van der Waals surface area contributed by atoms with Gasteiger partial charge in [0.15, 0.2) is 0 Å². The molecular formula is C10H10BrNO2. The maximum absolute atomic E-state index is 11.2. The monoisotopic (exact) mass is 255 g/mol. The summed E-state index contributed by atoms with van der Waals surface area (Å²) in [6, 6.07) is 5.11. The van der Waals surface area contributed by atoms with Gasteiger partial charge in [0.05, 0.1) is 12.7 Å². The van der Waals surface area contributed by atoms with Gasteiger partial charge in [0, 0.05) is 5.56 Å². The molecule has 0 spiro atoms. The van der Waals surface area contributed by atoms with Crippen LogP contribution in [-0.2, 0) is 4.74 Å². The number of carbonyl (C=O) groups is 1. The van der Waals surface area contributed by atoms with Gasteiger partial charge < -0.3 is 4.74 Å². The topological polar surface area (TPSA) is 50.2 Å². The third kappa shape index (κ3) is 2.20. The molecule has 0 heterocycles. The van der Waals surface area contributed by atoms with Crippen LogP contribution in [0.4, 0.5) is 0 Å². The molecule has 0 aromatic heterocycles.